The van der Waals surface area contributed by atoms with Crippen LogP contribution in [0.15, 0.2) is 18.5 Å². The Morgan fingerprint density at radius 1 is 1.35 bits per heavy atom. The van der Waals surface area contributed by atoms with E-state index in [1.807, 2.05) is 20.0 Å². The predicted octanol–water partition coefficient (Wildman–Crippen LogP) is 0.896. The molecule has 0 saturated heterocycles. The fourth-order valence-corrected chi connectivity index (χ4v) is 1.38. The second-order valence-corrected chi connectivity index (χ2v) is 4.01. The first-order valence-electron chi connectivity index (χ1n) is 4.96. The van der Waals surface area contributed by atoms with Gasteiger partial charge in [0, 0.05) is 18.8 Å². The topological polar surface area (TPSA) is 81.7 Å². The van der Waals surface area contributed by atoms with Crippen molar-refractivity contribution in [3.8, 4) is 0 Å². The Bertz CT molecular complexity index is 525. The molecule has 2 aromatic heterocycles. The third-order valence-electron chi connectivity index (χ3n) is 2.27. The molecule has 0 aliphatic heterocycles. The summed E-state index contributed by atoms with van der Waals surface area (Å²) >= 11 is 4.79. The number of rotatable bonds is 3. The first-order chi connectivity index (χ1) is 8.06. The highest BCUT2D eigenvalue weighted by Crippen LogP contribution is 2.12. The van der Waals surface area contributed by atoms with Gasteiger partial charge in [0.05, 0.1) is 12.4 Å². The van der Waals surface area contributed by atoms with E-state index in [1.165, 1.54) is 6.20 Å². The maximum atomic E-state index is 5.43. The summed E-state index contributed by atoms with van der Waals surface area (Å²) in [7, 11) is 1.88. The maximum Gasteiger partial charge on any atom is 0.153 e. The Morgan fingerprint density at radius 3 is 2.59 bits per heavy atom. The van der Waals surface area contributed by atoms with Crippen LogP contribution in [0.5, 0.6) is 0 Å². The molecule has 0 amide bonds. The molecule has 0 unspecified atom stereocenters. The van der Waals surface area contributed by atoms with Crippen molar-refractivity contribution in [2.45, 2.75) is 6.92 Å². The summed E-state index contributed by atoms with van der Waals surface area (Å²) in [5, 5.41) is 7.29. The molecule has 0 spiro atoms. The third-order valence-corrected chi connectivity index (χ3v) is 2.48. The molecule has 0 bridgehead atoms. The van der Waals surface area contributed by atoms with E-state index in [-0.39, 0.29) is 4.99 Å². The van der Waals surface area contributed by atoms with Gasteiger partial charge < -0.3 is 11.1 Å². The van der Waals surface area contributed by atoms with Gasteiger partial charge in [0.25, 0.3) is 0 Å². The highest BCUT2D eigenvalue weighted by atomic mass is 32.1. The van der Waals surface area contributed by atoms with Crippen LogP contribution < -0.4 is 11.1 Å². The molecular weight excluding hydrogens is 236 g/mol. The first kappa shape index (κ1) is 11.5. The van der Waals surface area contributed by atoms with Gasteiger partial charge in [-0.15, -0.1) is 0 Å². The van der Waals surface area contributed by atoms with E-state index in [0.717, 1.165) is 11.5 Å². The second kappa shape index (κ2) is 4.46. The second-order valence-electron chi connectivity index (χ2n) is 3.57. The molecule has 0 saturated carbocycles. The van der Waals surface area contributed by atoms with Crippen LogP contribution in [0, 0.1) is 6.92 Å². The summed E-state index contributed by atoms with van der Waals surface area (Å²) < 4.78 is 1.78. The lowest BCUT2D eigenvalue weighted by atomic mass is 10.4. The van der Waals surface area contributed by atoms with Gasteiger partial charge in [0.1, 0.15) is 16.5 Å². The van der Waals surface area contributed by atoms with Gasteiger partial charge in [-0.2, -0.15) is 5.10 Å². The van der Waals surface area contributed by atoms with Gasteiger partial charge in [0.15, 0.2) is 5.82 Å². The van der Waals surface area contributed by atoms with Crippen molar-refractivity contribution < 1.29 is 0 Å². The molecule has 2 rings (SSSR count). The van der Waals surface area contributed by atoms with Crippen molar-refractivity contribution in [2.24, 2.45) is 12.8 Å². The Kier molecular flexibility index (Phi) is 3.01. The van der Waals surface area contributed by atoms with Gasteiger partial charge in [-0.1, -0.05) is 12.2 Å². The number of anilines is 2. The Hall–Kier alpha value is -2.02. The smallest absolute Gasteiger partial charge is 0.153 e. The molecule has 2 aromatic rings. The zero-order valence-corrected chi connectivity index (χ0v) is 10.3. The van der Waals surface area contributed by atoms with E-state index < -0.39 is 0 Å². The standard InChI is InChI=1S/C10H12N6S/c1-6-3-8(15-16(6)2)14-9-5-12-7(4-13-9)10(11)17/h3-5H,1-2H3,(H2,11,17)(H,13,14,15). The maximum absolute atomic E-state index is 5.43. The summed E-state index contributed by atoms with van der Waals surface area (Å²) in [6.45, 7) is 1.97. The van der Waals surface area contributed by atoms with Crippen molar-refractivity contribution in [1.29, 1.82) is 0 Å². The summed E-state index contributed by atoms with van der Waals surface area (Å²) in [5.41, 5.74) is 6.99. The van der Waals surface area contributed by atoms with Crippen molar-refractivity contribution >= 4 is 28.8 Å². The van der Waals surface area contributed by atoms with Crippen LogP contribution in [0.3, 0.4) is 0 Å². The lowest BCUT2D eigenvalue weighted by molar-refractivity contribution is 0.743. The largest absolute Gasteiger partial charge is 0.388 e. The fraction of sp³-hybridized carbons (Fsp3) is 0.200. The van der Waals surface area contributed by atoms with Crippen molar-refractivity contribution in [3.63, 3.8) is 0 Å². The number of thiocarbonyl (C=S) groups is 1. The van der Waals surface area contributed by atoms with Crippen LogP contribution in [0.4, 0.5) is 11.6 Å². The van der Waals surface area contributed by atoms with E-state index in [9.17, 15) is 0 Å². The number of aryl methyl sites for hydroxylation is 2. The minimum absolute atomic E-state index is 0.234. The molecule has 2 heterocycles. The van der Waals surface area contributed by atoms with Crippen molar-refractivity contribution in [3.05, 3.63) is 29.8 Å². The monoisotopic (exact) mass is 248 g/mol. The zero-order chi connectivity index (χ0) is 12.4. The van der Waals surface area contributed by atoms with Crippen LogP contribution in [0.25, 0.3) is 0 Å². The normalized spacial score (nSPS) is 10.2. The third kappa shape index (κ3) is 2.56. The molecule has 6 nitrogen and oxygen atoms in total. The molecule has 0 radical (unpaired) electrons. The molecule has 0 aliphatic carbocycles. The number of nitrogens with one attached hydrogen (secondary N) is 1. The van der Waals surface area contributed by atoms with Crippen LogP contribution in [-0.2, 0) is 7.05 Å². The average molecular weight is 248 g/mol. The van der Waals surface area contributed by atoms with Crippen LogP contribution in [-0.4, -0.2) is 24.7 Å². The van der Waals surface area contributed by atoms with E-state index in [4.69, 9.17) is 18.0 Å². The van der Waals surface area contributed by atoms with Gasteiger partial charge in [0.2, 0.25) is 0 Å². The van der Waals surface area contributed by atoms with Gasteiger partial charge >= 0.3 is 0 Å². The molecule has 17 heavy (non-hydrogen) atoms. The lowest BCUT2D eigenvalue weighted by Gasteiger charge is -2.01. The van der Waals surface area contributed by atoms with Crippen molar-refractivity contribution in [2.75, 3.05) is 5.32 Å². The molecule has 0 fully saturated rings. The number of nitrogens with two attached hydrogens (primary N) is 1. The van der Waals surface area contributed by atoms with Gasteiger partial charge in [-0.3, -0.25) is 4.68 Å². The quantitative estimate of drug-likeness (QED) is 0.785. The van der Waals surface area contributed by atoms with E-state index in [2.05, 4.69) is 20.4 Å². The van der Waals surface area contributed by atoms with E-state index >= 15 is 0 Å². The summed E-state index contributed by atoms with van der Waals surface area (Å²) in [4.78, 5) is 8.46. The molecule has 7 heteroatoms. The summed E-state index contributed by atoms with van der Waals surface area (Å²) in [5.74, 6) is 1.32. The number of nitrogens with zero attached hydrogens (tertiary/aromatic N) is 4. The van der Waals surface area contributed by atoms with Crippen molar-refractivity contribution in [1.82, 2.24) is 19.7 Å². The van der Waals surface area contributed by atoms with Gasteiger partial charge in [-0.25, -0.2) is 9.97 Å². The minimum Gasteiger partial charge on any atom is -0.388 e. The average Bonchev–Trinajstić information content (AvgIpc) is 2.58. The van der Waals surface area contributed by atoms with Crippen LogP contribution in [0.2, 0.25) is 0 Å². The molecule has 0 atom stereocenters. The SMILES string of the molecule is Cc1cc(Nc2cnc(C(N)=S)cn2)nn1C. The van der Waals surface area contributed by atoms with Crippen LogP contribution in [0.1, 0.15) is 11.4 Å². The molecular formula is C10H12N6S. The summed E-state index contributed by atoms with van der Waals surface area (Å²) in [6, 6.07) is 1.92. The van der Waals surface area contributed by atoms with E-state index in [0.29, 0.717) is 11.5 Å². The molecule has 0 aliphatic rings. The highest BCUT2D eigenvalue weighted by molar-refractivity contribution is 7.80. The summed E-state index contributed by atoms with van der Waals surface area (Å²) in [6.07, 6.45) is 3.10. The van der Waals surface area contributed by atoms with E-state index in [1.54, 1.807) is 10.9 Å². The predicted molar refractivity (Wildman–Crippen MR) is 69.1 cm³/mol. The highest BCUT2D eigenvalue weighted by Gasteiger charge is 2.03. The molecule has 0 aromatic carbocycles. The molecule has 3 N–H and O–H groups in total. The van der Waals surface area contributed by atoms with Crippen LogP contribution >= 0.6 is 12.2 Å². The minimum atomic E-state index is 0.234. The lowest BCUT2D eigenvalue weighted by Crippen LogP contribution is -2.12. The fourth-order valence-electron chi connectivity index (χ4n) is 1.27. The number of hydrogen-bond donors (Lipinski definition) is 2. The number of aromatic nitrogens is 4. The first-order valence-corrected chi connectivity index (χ1v) is 5.36. The van der Waals surface area contributed by atoms with Gasteiger partial charge in [-0.05, 0) is 6.92 Å². The molecule has 88 valence electrons. The zero-order valence-electron chi connectivity index (χ0n) is 9.51. The Balaban J connectivity index is 2.16. The Morgan fingerprint density at radius 2 is 2.12 bits per heavy atom. The number of hydrogen-bond acceptors (Lipinski definition) is 5. The Labute approximate surface area is 104 Å².